The highest BCUT2D eigenvalue weighted by Gasteiger charge is 2.26. The third kappa shape index (κ3) is 3.02. The molecule has 0 spiro atoms. The van der Waals surface area contributed by atoms with Gasteiger partial charge in [0.05, 0.1) is 11.8 Å². The number of carbonyl (C=O) groups is 1. The van der Waals surface area contributed by atoms with Gasteiger partial charge in [0.15, 0.2) is 0 Å². The first kappa shape index (κ1) is 13.6. The van der Waals surface area contributed by atoms with Gasteiger partial charge in [0.2, 0.25) is 5.76 Å². The summed E-state index contributed by atoms with van der Waals surface area (Å²) in [5, 5.41) is 3.77. The summed E-state index contributed by atoms with van der Waals surface area (Å²) in [7, 11) is 0. The van der Waals surface area contributed by atoms with Crippen LogP contribution in [0.15, 0.2) is 10.6 Å². The van der Waals surface area contributed by atoms with Gasteiger partial charge < -0.3 is 14.2 Å². The van der Waals surface area contributed by atoms with Crippen LogP contribution in [0.1, 0.15) is 29.1 Å². The van der Waals surface area contributed by atoms with Crippen molar-refractivity contribution in [2.45, 2.75) is 25.9 Å². The number of rotatable bonds is 3. The van der Waals surface area contributed by atoms with E-state index >= 15 is 0 Å². The highest BCUT2D eigenvalue weighted by atomic mass is 16.5. The van der Waals surface area contributed by atoms with Gasteiger partial charge in [-0.15, -0.1) is 0 Å². The minimum atomic E-state index is -0.0534. The van der Waals surface area contributed by atoms with E-state index in [9.17, 15) is 4.79 Å². The Labute approximate surface area is 118 Å². The van der Waals surface area contributed by atoms with Crippen LogP contribution in [-0.4, -0.2) is 66.3 Å². The van der Waals surface area contributed by atoms with E-state index in [4.69, 9.17) is 9.26 Å². The minimum Gasteiger partial charge on any atom is -0.377 e. The number of carbonyl (C=O) groups excluding carboxylic acids is 1. The number of ether oxygens (including phenoxy) is 1. The zero-order valence-electron chi connectivity index (χ0n) is 11.9. The number of hydrogen-bond donors (Lipinski definition) is 0. The molecule has 20 heavy (non-hydrogen) atoms. The van der Waals surface area contributed by atoms with Crippen molar-refractivity contribution in [1.82, 2.24) is 15.0 Å². The number of aryl methyl sites for hydroxylation is 1. The number of aromatic nitrogens is 1. The topological polar surface area (TPSA) is 58.8 Å². The number of amides is 1. The Bertz CT molecular complexity index is 460. The van der Waals surface area contributed by atoms with Crippen LogP contribution in [-0.2, 0) is 4.74 Å². The predicted octanol–water partition coefficient (Wildman–Crippen LogP) is 0.920. The van der Waals surface area contributed by atoms with Crippen molar-refractivity contribution in [1.29, 1.82) is 0 Å². The van der Waals surface area contributed by atoms with Crippen molar-refractivity contribution < 1.29 is 14.1 Å². The van der Waals surface area contributed by atoms with E-state index in [1.54, 1.807) is 6.07 Å². The Morgan fingerprint density at radius 2 is 2.20 bits per heavy atom. The van der Waals surface area contributed by atoms with Gasteiger partial charge in [-0.05, 0) is 19.8 Å². The van der Waals surface area contributed by atoms with Crippen molar-refractivity contribution >= 4 is 5.91 Å². The summed E-state index contributed by atoms with van der Waals surface area (Å²) in [6.45, 7) is 6.99. The van der Waals surface area contributed by atoms with E-state index in [0.717, 1.165) is 51.4 Å². The van der Waals surface area contributed by atoms with E-state index in [1.807, 2.05) is 11.8 Å². The molecule has 2 fully saturated rings. The quantitative estimate of drug-likeness (QED) is 0.823. The Balaban J connectivity index is 1.49. The maximum atomic E-state index is 12.2. The fraction of sp³-hybridized carbons (Fsp3) is 0.714. The molecule has 3 heterocycles. The third-order valence-electron chi connectivity index (χ3n) is 3.98. The molecule has 6 heteroatoms. The van der Waals surface area contributed by atoms with Gasteiger partial charge in [-0.3, -0.25) is 9.69 Å². The van der Waals surface area contributed by atoms with Crippen LogP contribution in [0, 0.1) is 6.92 Å². The van der Waals surface area contributed by atoms with Gasteiger partial charge in [0, 0.05) is 45.4 Å². The molecular formula is C14H21N3O3. The summed E-state index contributed by atoms with van der Waals surface area (Å²) in [5.74, 6) is 0.289. The second kappa shape index (κ2) is 5.93. The first-order valence-electron chi connectivity index (χ1n) is 7.29. The van der Waals surface area contributed by atoms with Crippen LogP contribution in [0.5, 0.6) is 0 Å². The lowest BCUT2D eigenvalue weighted by Crippen LogP contribution is -2.50. The summed E-state index contributed by atoms with van der Waals surface area (Å²) < 4.78 is 10.7. The number of nitrogens with zero attached hydrogens (tertiary/aromatic N) is 3. The molecule has 0 N–H and O–H groups in total. The lowest BCUT2D eigenvalue weighted by molar-refractivity contribution is 0.0412. The van der Waals surface area contributed by atoms with Gasteiger partial charge in [0.1, 0.15) is 0 Å². The molecule has 0 aromatic carbocycles. The highest BCUT2D eigenvalue weighted by molar-refractivity contribution is 5.91. The molecule has 1 amide bonds. The van der Waals surface area contributed by atoms with Crippen LogP contribution < -0.4 is 0 Å². The van der Waals surface area contributed by atoms with Gasteiger partial charge >= 0.3 is 0 Å². The van der Waals surface area contributed by atoms with Crippen LogP contribution in [0.2, 0.25) is 0 Å². The lowest BCUT2D eigenvalue weighted by Gasteiger charge is -2.35. The van der Waals surface area contributed by atoms with Crippen LogP contribution in [0.4, 0.5) is 0 Å². The molecular weight excluding hydrogens is 258 g/mol. The average molecular weight is 279 g/mol. The second-order valence-corrected chi connectivity index (χ2v) is 5.56. The molecule has 110 valence electrons. The molecule has 6 nitrogen and oxygen atoms in total. The smallest absolute Gasteiger partial charge is 0.292 e. The number of piperazine rings is 1. The normalized spacial score (nSPS) is 24.2. The minimum absolute atomic E-state index is 0.0534. The van der Waals surface area contributed by atoms with Crippen molar-refractivity contribution in [3.63, 3.8) is 0 Å². The van der Waals surface area contributed by atoms with E-state index in [-0.39, 0.29) is 5.91 Å². The average Bonchev–Trinajstić information content (AvgIpc) is 3.10. The first-order valence-corrected chi connectivity index (χ1v) is 7.29. The van der Waals surface area contributed by atoms with Crippen LogP contribution in [0.25, 0.3) is 0 Å². The Kier molecular flexibility index (Phi) is 4.03. The zero-order chi connectivity index (χ0) is 13.9. The molecule has 0 bridgehead atoms. The lowest BCUT2D eigenvalue weighted by atomic mass is 10.2. The highest BCUT2D eigenvalue weighted by Crippen LogP contribution is 2.15. The summed E-state index contributed by atoms with van der Waals surface area (Å²) in [6.07, 6.45) is 2.72. The van der Waals surface area contributed by atoms with E-state index in [1.165, 1.54) is 6.42 Å². The molecule has 2 saturated heterocycles. The maximum absolute atomic E-state index is 12.2. The van der Waals surface area contributed by atoms with Gasteiger partial charge in [-0.25, -0.2) is 0 Å². The number of hydrogen-bond acceptors (Lipinski definition) is 5. The molecule has 1 unspecified atom stereocenters. The standard InChI is InChI=1S/C14H21N3O3/c1-11-9-13(20-15-11)14(18)17-6-4-16(5-7-17)10-12-3-2-8-19-12/h9,12H,2-8,10H2,1H3. The first-order chi connectivity index (χ1) is 9.72. The SMILES string of the molecule is Cc1cc(C(=O)N2CCN(CC3CCCO3)CC2)on1. The molecule has 1 aromatic heterocycles. The van der Waals surface area contributed by atoms with Gasteiger partial charge in [0.25, 0.3) is 5.91 Å². The summed E-state index contributed by atoms with van der Waals surface area (Å²) in [6, 6.07) is 1.70. The molecule has 2 aliphatic heterocycles. The van der Waals surface area contributed by atoms with Crippen molar-refractivity contribution in [2.75, 3.05) is 39.3 Å². The summed E-state index contributed by atoms with van der Waals surface area (Å²) in [4.78, 5) is 16.4. The van der Waals surface area contributed by atoms with Gasteiger partial charge in [-0.1, -0.05) is 5.16 Å². The Morgan fingerprint density at radius 1 is 1.40 bits per heavy atom. The Morgan fingerprint density at radius 3 is 2.80 bits per heavy atom. The molecule has 1 aromatic rings. The fourth-order valence-corrected chi connectivity index (χ4v) is 2.83. The summed E-state index contributed by atoms with van der Waals surface area (Å²) >= 11 is 0. The molecule has 0 aliphatic carbocycles. The summed E-state index contributed by atoms with van der Waals surface area (Å²) in [5.41, 5.74) is 0.741. The Hall–Kier alpha value is -1.40. The second-order valence-electron chi connectivity index (χ2n) is 5.56. The van der Waals surface area contributed by atoms with E-state index in [2.05, 4.69) is 10.1 Å². The largest absolute Gasteiger partial charge is 0.377 e. The van der Waals surface area contributed by atoms with Crippen molar-refractivity contribution in [2.24, 2.45) is 0 Å². The van der Waals surface area contributed by atoms with Crippen LogP contribution >= 0.6 is 0 Å². The molecule has 0 saturated carbocycles. The van der Waals surface area contributed by atoms with E-state index in [0.29, 0.717) is 11.9 Å². The molecule has 1 atom stereocenters. The predicted molar refractivity (Wildman–Crippen MR) is 72.6 cm³/mol. The molecule has 0 radical (unpaired) electrons. The molecule has 2 aliphatic rings. The monoisotopic (exact) mass is 279 g/mol. The zero-order valence-corrected chi connectivity index (χ0v) is 11.9. The fourth-order valence-electron chi connectivity index (χ4n) is 2.83. The van der Waals surface area contributed by atoms with Crippen molar-refractivity contribution in [3.05, 3.63) is 17.5 Å². The third-order valence-corrected chi connectivity index (χ3v) is 3.98. The van der Waals surface area contributed by atoms with Crippen LogP contribution in [0.3, 0.4) is 0 Å². The molecule has 3 rings (SSSR count). The van der Waals surface area contributed by atoms with Gasteiger partial charge in [-0.2, -0.15) is 0 Å². The maximum Gasteiger partial charge on any atom is 0.292 e. The van der Waals surface area contributed by atoms with E-state index < -0.39 is 0 Å². The van der Waals surface area contributed by atoms with Crippen molar-refractivity contribution in [3.8, 4) is 0 Å².